The third-order valence-corrected chi connectivity index (χ3v) is 5.65. The molecule has 156 valence electrons. The van der Waals surface area contributed by atoms with Crippen LogP contribution >= 0.6 is 11.6 Å². The molecule has 4 rings (SSSR count). The summed E-state index contributed by atoms with van der Waals surface area (Å²) in [6, 6.07) is 15.1. The van der Waals surface area contributed by atoms with Crippen LogP contribution in [0.1, 0.15) is 23.5 Å². The molecule has 2 atom stereocenters. The van der Waals surface area contributed by atoms with E-state index in [2.05, 4.69) is 12.1 Å². The average Bonchev–Trinajstić information content (AvgIpc) is 3.30. The summed E-state index contributed by atoms with van der Waals surface area (Å²) in [5.41, 5.74) is 3.43. The van der Waals surface area contributed by atoms with Crippen LogP contribution in [0.2, 0.25) is 0 Å². The Labute approximate surface area is 178 Å². The summed E-state index contributed by atoms with van der Waals surface area (Å²) in [4.78, 5) is 37.2. The molecule has 1 aliphatic heterocycles. The number of hydrogen-bond acceptors (Lipinski definition) is 6. The number of fused-ring (bicyclic) bond motifs is 3. The van der Waals surface area contributed by atoms with E-state index in [1.54, 1.807) is 0 Å². The molecule has 0 unspecified atom stereocenters. The van der Waals surface area contributed by atoms with Crippen LogP contribution in [-0.2, 0) is 19.0 Å². The van der Waals surface area contributed by atoms with Crippen molar-refractivity contribution in [2.75, 3.05) is 20.3 Å². The lowest BCUT2D eigenvalue weighted by molar-refractivity contribution is -0.145. The zero-order chi connectivity index (χ0) is 21.3. The fourth-order valence-electron chi connectivity index (χ4n) is 4.25. The average molecular weight is 430 g/mol. The Morgan fingerprint density at radius 3 is 2.20 bits per heavy atom. The third-order valence-electron chi connectivity index (χ3n) is 5.57. The number of nitrogens with zero attached hydrogens (tertiary/aromatic N) is 1. The number of methoxy groups -OCH3 is 1. The molecule has 8 heteroatoms. The van der Waals surface area contributed by atoms with Gasteiger partial charge in [-0.15, -0.1) is 0 Å². The maximum Gasteiger partial charge on any atom is 0.410 e. The Morgan fingerprint density at radius 1 is 1.03 bits per heavy atom. The molecule has 1 amide bonds. The summed E-state index contributed by atoms with van der Waals surface area (Å²) in [7, 11) is 1.24. The van der Waals surface area contributed by atoms with Gasteiger partial charge in [-0.1, -0.05) is 48.5 Å². The van der Waals surface area contributed by atoms with Gasteiger partial charge < -0.3 is 14.2 Å². The highest BCUT2D eigenvalue weighted by Crippen LogP contribution is 2.44. The molecule has 0 aromatic heterocycles. The molecule has 2 aromatic carbocycles. The van der Waals surface area contributed by atoms with E-state index in [4.69, 9.17) is 25.8 Å². The van der Waals surface area contributed by atoms with Gasteiger partial charge in [0.15, 0.2) is 0 Å². The number of ether oxygens (including phenoxy) is 3. The van der Waals surface area contributed by atoms with E-state index < -0.39 is 29.6 Å². The van der Waals surface area contributed by atoms with Crippen LogP contribution in [0.15, 0.2) is 48.5 Å². The molecule has 7 nitrogen and oxygen atoms in total. The predicted molar refractivity (Wildman–Crippen MR) is 108 cm³/mol. The van der Waals surface area contributed by atoms with Gasteiger partial charge in [-0.3, -0.25) is 4.90 Å². The van der Waals surface area contributed by atoms with Crippen LogP contribution in [0, 0.1) is 0 Å². The first kappa shape index (κ1) is 20.2. The van der Waals surface area contributed by atoms with E-state index in [1.165, 1.54) is 12.0 Å². The van der Waals surface area contributed by atoms with E-state index >= 15 is 0 Å². The summed E-state index contributed by atoms with van der Waals surface area (Å²) in [5.74, 6) is -0.700. The maximum atomic E-state index is 12.8. The minimum absolute atomic E-state index is 0.00883. The normalized spacial score (nSPS) is 19.7. The van der Waals surface area contributed by atoms with Gasteiger partial charge in [0.05, 0.1) is 13.7 Å². The third kappa shape index (κ3) is 3.73. The summed E-state index contributed by atoms with van der Waals surface area (Å²) < 4.78 is 15.3. The number of likely N-dealkylation sites (tertiary alicyclic amines) is 1. The number of hydrogen-bond donors (Lipinski definition) is 0. The molecule has 30 heavy (non-hydrogen) atoms. The van der Waals surface area contributed by atoms with Gasteiger partial charge >= 0.3 is 17.5 Å². The SMILES string of the molecule is COC(=O)[C@@H]1C[C@@H](OC(=O)Cl)CN1C(=O)OCC1c2ccccc2-c2ccccc21. The summed E-state index contributed by atoms with van der Waals surface area (Å²) >= 11 is 5.28. The number of amides is 1. The first-order chi connectivity index (χ1) is 14.5. The highest BCUT2D eigenvalue weighted by atomic mass is 35.5. The van der Waals surface area contributed by atoms with Crippen molar-refractivity contribution < 1.29 is 28.6 Å². The molecular weight excluding hydrogens is 410 g/mol. The summed E-state index contributed by atoms with van der Waals surface area (Å²) in [6.07, 6.45) is -1.25. The lowest BCUT2D eigenvalue weighted by Crippen LogP contribution is -2.42. The second kappa shape index (κ2) is 8.36. The van der Waals surface area contributed by atoms with Crippen molar-refractivity contribution in [3.63, 3.8) is 0 Å². The van der Waals surface area contributed by atoms with Crippen LogP contribution in [0.5, 0.6) is 0 Å². The van der Waals surface area contributed by atoms with Crippen molar-refractivity contribution in [2.45, 2.75) is 24.5 Å². The number of halogens is 1. The first-order valence-corrected chi connectivity index (χ1v) is 9.93. The minimum atomic E-state index is -0.988. The molecule has 0 bridgehead atoms. The fourth-order valence-corrected chi connectivity index (χ4v) is 4.38. The molecular formula is C22H20ClNO6. The Hall–Kier alpha value is -3.06. The molecule has 0 N–H and O–H groups in total. The van der Waals surface area contributed by atoms with E-state index in [-0.39, 0.29) is 25.5 Å². The van der Waals surface area contributed by atoms with Crippen LogP contribution in [0.25, 0.3) is 11.1 Å². The van der Waals surface area contributed by atoms with Gasteiger partial charge in [-0.05, 0) is 22.3 Å². The second-order valence-corrected chi connectivity index (χ2v) is 7.52. The van der Waals surface area contributed by atoms with Crippen molar-refractivity contribution in [1.82, 2.24) is 4.90 Å². The number of carbonyl (C=O) groups excluding carboxylic acids is 3. The summed E-state index contributed by atoms with van der Waals surface area (Å²) in [6.45, 7) is 0.131. The van der Waals surface area contributed by atoms with Crippen LogP contribution in [-0.4, -0.2) is 54.8 Å². The number of rotatable bonds is 4. The lowest BCUT2D eigenvalue weighted by atomic mass is 9.98. The van der Waals surface area contributed by atoms with Gasteiger partial charge in [-0.2, -0.15) is 0 Å². The number of esters is 1. The molecule has 0 saturated carbocycles. The molecule has 1 aliphatic carbocycles. The van der Waals surface area contributed by atoms with Crippen LogP contribution in [0.4, 0.5) is 9.59 Å². The minimum Gasteiger partial charge on any atom is -0.467 e. The van der Waals surface area contributed by atoms with Gasteiger partial charge in [-0.25, -0.2) is 14.4 Å². The molecule has 1 saturated heterocycles. The van der Waals surface area contributed by atoms with Gasteiger partial charge in [0.25, 0.3) is 0 Å². The maximum absolute atomic E-state index is 12.8. The van der Waals surface area contributed by atoms with Gasteiger partial charge in [0.1, 0.15) is 18.8 Å². The second-order valence-electron chi connectivity index (χ2n) is 7.21. The van der Waals surface area contributed by atoms with Crippen LogP contribution < -0.4 is 0 Å². The molecule has 2 aliphatic rings. The zero-order valence-electron chi connectivity index (χ0n) is 16.2. The molecule has 1 heterocycles. The molecule has 2 aromatic rings. The lowest BCUT2D eigenvalue weighted by Gasteiger charge is -2.23. The fraction of sp³-hybridized carbons (Fsp3) is 0.318. The molecule has 0 spiro atoms. The smallest absolute Gasteiger partial charge is 0.410 e. The quantitative estimate of drug-likeness (QED) is 0.416. The highest BCUT2D eigenvalue weighted by Gasteiger charge is 2.43. The van der Waals surface area contributed by atoms with Gasteiger partial charge in [0.2, 0.25) is 0 Å². The molecule has 0 radical (unpaired) electrons. The van der Waals surface area contributed by atoms with E-state index in [1.807, 2.05) is 36.4 Å². The Bertz CT molecular complexity index is 948. The number of benzene rings is 2. The van der Waals surface area contributed by atoms with Gasteiger partial charge in [0, 0.05) is 23.9 Å². The van der Waals surface area contributed by atoms with Crippen molar-refractivity contribution in [3.05, 3.63) is 59.7 Å². The van der Waals surface area contributed by atoms with Crippen LogP contribution in [0.3, 0.4) is 0 Å². The van der Waals surface area contributed by atoms with Crippen molar-refractivity contribution >= 4 is 29.1 Å². The molecule has 1 fully saturated rings. The first-order valence-electron chi connectivity index (χ1n) is 9.55. The van der Waals surface area contributed by atoms with Crippen molar-refractivity contribution in [2.24, 2.45) is 0 Å². The van der Waals surface area contributed by atoms with E-state index in [9.17, 15) is 14.4 Å². The van der Waals surface area contributed by atoms with Crippen molar-refractivity contribution in [1.29, 1.82) is 0 Å². The Balaban J connectivity index is 1.50. The standard InChI is InChI=1S/C22H20ClNO6/c1-28-20(25)19-10-13(30-21(23)26)11-24(19)22(27)29-12-18-16-8-4-2-6-14(16)15-7-3-5-9-17(15)18/h2-9,13,18-19H,10-12H2,1H3/t13-,19+/m1/s1. The number of carbonyl (C=O) groups is 3. The van der Waals surface area contributed by atoms with Crippen molar-refractivity contribution in [3.8, 4) is 11.1 Å². The highest BCUT2D eigenvalue weighted by molar-refractivity contribution is 6.61. The monoisotopic (exact) mass is 429 g/mol. The predicted octanol–water partition coefficient (Wildman–Crippen LogP) is 3.93. The topological polar surface area (TPSA) is 82.1 Å². The van der Waals surface area contributed by atoms with E-state index in [0.29, 0.717) is 0 Å². The summed E-state index contributed by atoms with van der Waals surface area (Å²) in [5, 5.41) is 0. The Morgan fingerprint density at radius 2 is 1.63 bits per heavy atom. The van der Waals surface area contributed by atoms with E-state index in [0.717, 1.165) is 22.3 Å². The largest absolute Gasteiger partial charge is 0.467 e. The zero-order valence-corrected chi connectivity index (χ0v) is 17.0. The Kier molecular flexibility index (Phi) is 5.63.